The molecule has 5 aliphatic rings. The number of hydrogen-bond donors (Lipinski definition) is 3. The number of carbonyl (C=O) groups excluding carboxylic acids is 5. The van der Waals surface area contributed by atoms with Gasteiger partial charge in [-0.15, -0.1) is 6.58 Å². The summed E-state index contributed by atoms with van der Waals surface area (Å²) in [5.41, 5.74) is 0.953. The average Bonchev–Trinajstić information content (AvgIpc) is 3.99. The van der Waals surface area contributed by atoms with Gasteiger partial charge in [-0.05, 0) is 48.8 Å². The van der Waals surface area contributed by atoms with Crippen molar-refractivity contribution >= 4 is 46.0 Å². The summed E-state index contributed by atoms with van der Waals surface area (Å²) < 4.78 is 39.0. The molecule has 2 aliphatic carbocycles. The maximum Gasteiger partial charge on any atom is 0.410 e. The standard InChI is InChI=1S/C37H49N5O9S/c1-5-7-13-29-32(44)42-20-26(17-30(42)31(43)39-37(18-25(37)6-2)33(45)40-52(48,49)27-14-15-27)51-35(47)41-19-24-11-8-10-23(28(24)21-41)12-9-16-36(3,4)22-50-34(46)38-29/h6,8-12,25-27,29-30H,2,5,7,13-22H2,1,3-4H3,(H,38,46)(H,39,43)(H,40,45)/b12-9+/t25-,26-,29+,30+,37-/m1/s1. The van der Waals surface area contributed by atoms with Gasteiger partial charge in [0.15, 0.2) is 0 Å². The minimum absolute atomic E-state index is 0.0753. The number of alkyl carbamates (subject to hydrolysis) is 1. The molecule has 4 bridgehead atoms. The van der Waals surface area contributed by atoms with E-state index in [4.69, 9.17) is 9.47 Å². The Hall–Kier alpha value is -4.40. The van der Waals surface area contributed by atoms with Crippen LogP contribution >= 0.6 is 0 Å². The van der Waals surface area contributed by atoms with E-state index < -0.39 is 80.2 Å². The van der Waals surface area contributed by atoms with E-state index in [1.54, 1.807) is 4.90 Å². The van der Waals surface area contributed by atoms with E-state index in [9.17, 15) is 32.4 Å². The lowest BCUT2D eigenvalue weighted by Gasteiger charge is -2.30. The number of carbonyl (C=O) groups is 5. The van der Waals surface area contributed by atoms with Crippen LogP contribution in [0, 0.1) is 11.3 Å². The third-order valence-corrected chi connectivity index (χ3v) is 12.5. The lowest BCUT2D eigenvalue weighted by molar-refractivity contribution is -0.141. The Morgan fingerprint density at radius 2 is 1.92 bits per heavy atom. The Bertz CT molecular complexity index is 1770. The summed E-state index contributed by atoms with van der Waals surface area (Å²) >= 11 is 0. The molecule has 5 atom stereocenters. The number of hydrogen-bond acceptors (Lipinski definition) is 9. The van der Waals surface area contributed by atoms with Gasteiger partial charge in [-0.3, -0.25) is 24.0 Å². The number of benzene rings is 1. The monoisotopic (exact) mass is 739 g/mol. The second kappa shape index (κ2) is 14.6. The molecule has 0 spiro atoms. The molecule has 3 heterocycles. The molecule has 282 valence electrons. The highest BCUT2D eigenvalue weighted by atomic mass is 32.2. The second-order valence-corrected chi connectivity index (χ2v) is 17.4. The quantitative estimate of drug-likeness (QED) is 0.320. The van der Waals surface area contributed by atoms with Crippen LogP contribution in [-0.2, 0) is 47.0 Å². The molecular formula is C37H49N5O9S. The van der Waals surface area contributed by atoms with Gasteiger partial charge in [-0.1, -0.05) is 70.0 Å². The first-order valence-corrected chi connectivity index (χ1v) is 19.7. The van der Waals surface area contributed by atoms with Crippen LogP contribution < -0.4 is 15.4 Å². The number of nitrogens with one attached hydrogen (secondary N) is 3. The van der Waals surface area contributed by atoms with Gasteiger partial charge in [0.1, 0.15) is 23.7 Å². The molecule has 1 saturated heterocycles. The van der Waals surface area contributed by atoms with Crippen LogP contribution in [0.5, 0.6) is 0 Å². The number of ether oxygens (including phenoxy) is 2. The van der Waals surface area contributed by atoms with Crippen LogP contribution in [-0.4, -0.2) is 90.3 Å². The molecule has 0 unspecified atom stereocenters. The largest absolute Gasteiger partial charge is 0.449 e. The van der Waals surface area contributed by atoms with Crippen LogP contribution in [0.2, 0.25) is 0 Å². The number of allylic oxidation sites excluding steroid dienone is 1. The molecule has 1 aromatic rings. The van der Waals surface area contributed by atoms with E-state index in [0.29, 0.717) is 38.8 Å². The van der Waals surface area contributed by atoms with Crippen molar-refractivity contribution in [1.82, 2.24) is 25.2 Å². The highest BCUT2D eigenvalue weighted by Gasteiger charge is 2.62. The molecule has 0 radical (unpaired) electrons. The van der Waals surface area contributed by atoms with Crippen LogP contribution in [0.4, 0.5) is 9.59 Å². The number of amides is 5. The normalized spacial score (nSPS) is 29.4. The number of unbranched alkanes of at least 4 members (excludes halogenated alkanes) is 1. The average molecular weight is 740 g/mol. The maximum atomic E-state index is 14.3. The number of nitrogens with zero attached hydrogens (tertiary/aromatic N) is 2. The Balaban J connectivity index is 1.28. The van der Waals surface area contributed by atoms with Gasteiger partial charge in [0.2, 0.25) is 21.8 Å². The summed E-state index contributed by atoms with van der Waals surface area (Å²) in [4.78, 5) is 71.4. The summed E-state index contributed by atoms with van der Waals surface area (Å²) in [5, 5.41) is 4.80. The predicted octanol–water partition coefficient (Wildman–Crippen LogP) is 3.51. The summed E-state index contributed by atoms with van der Waals surface area (Å²) in [6.45, 7) is 10.3. The number of rotatable bonds is 9. The zero-order valence-electron chi connectivity index (χ0n) is 30.0. The molecule has 2 saturated carbocycles. The number of sulfonamides is 1. The molecule has 1 aromatic carbocycles. The van der Waals surface area contributed by atoms with Crippen molar-refractivity contribution < 1.29 is 41.9 Å². The van der Waals surface area contributed by atoms with Gasteiger partial charge in [-0.2, -0.15) is 0 Å². The van der Waals surface area contributed by atoms with Crippen molar-refractivity contribution in [1.29, 1.82) is 0 Å². The maximum absolute atomic E-state index is 14.3. The minimum Gasteiger partial charge on any atom is -0.449 e. The molecule has 0 aromatic heterocycles. The van der Waals surface area contributed by atoms with Crippen molar-refractivity contribution in [2.45, 2.75) is 114 Å². The molecule has 52 heavy (non-hydrogen) atoms. The van der Waals surface area contributed by atoms with E-state index in [1.807, 2.05) is 51.1 Å². The highest BCUT2D eigenvalue weighted by molar-refractivity contribution is 7.91. The molecule has 3 N–H and O–H groups in total. The van der Waals surface area contributed by atoms with E-state index >= 15 is 0 Å². The van der Waals surface area contributed by atoms with Crippen molar-refractivity contribution in [3.8, 4) is 0 Å². The highest BCUT2D eigenvalue weighted by Crippen LogP contribution is 2.45. The lowest BCUT2D eigenvalue weighted by Crippen LogP contribution is -2.58. The summed E-state index contributed by atoms with van der Waals surface area (Å²) in [5.74, 6) is -2.67. The third-order valence-electron chi connectivity index (χ3n) is 10.6. The Kier molecular flexibility index (Phi) is 10.5. The van der Waals surface area contributed by atoms with Crippen LogP contribution in [0.1, 0.15) is 88.8 Å². The van der Waals surface area contributed by atoms with Gasteiger partial charge < -0.3 is 25.0 Å². The van der Waals surface area contributed by atoms with E-state index in [0.717, 1.165) is 23.1 Å². The van der Waals surface area contributed by atoms with Crippen LogP contribution in [0.3, 0.4) is 0 Å². The van der Waals surface area contributed by atoms with Crippen molar-refractivity contribution in [2.24, 2.45) is 11.3 Å². The van der Waals surface area contributed by atoms with Crippen LogP contribution in [0.25, 0.3) is 6.08 Å². The van der Waals surface area contributed by atoms with Crippen molar-refractivity contribution in [3.63, 3.8) is 0 Å². The number of fused-ring (bicyclic) bond motifs is 3. The zero-order chi connectivity index (χ0) is 37.4. The zero-order valence-corrected chi connectivity index (χ0v) is 30.8. The fourth-order valence-electron chi connectivity index (χ4n) is 7.22. The summed E-state index contributed by atoms with van der Waals surface area (Å²) in [6.07, 6.45) is 6.40. The topological polar surface area (TPSA) is 181 Å². The Labute approximate surface area is 304 Å². The van der Waals surface area contributed by atoms with Crippen molar-refractivity contribution in [2.75, 3.05) is 13.2 Å². The van der Waals surface area contributed by atoms with Crippen molar-refractivity contribution in [3.05, 3.63) is 53.6 Å². The SMILES string of the molecule is C=C[C@@H]1C[C@]1(NC(=O)[C@@H]1C[C@@H]2CN1C(=O)[C@H](CCCC)NC(=O)OCC(C)(C)C/C=C/c1cccc3c1CN(C3)C(=O)O2)C(=O)NS(=O)(=O)C1CC1. The molecule has 14 nitrogen and oxygen atoms in total. The predicted molar refractivity (Wildman–Crippen MR) is 191 cm³/mol. The Morgan fingerprint density at radius 3 is 2.62 bits per heavy atom. The van der Waals surface area contributed by atoms with Gasteiger partial charge >= 0.3 is 12.2 Å². The van der Waals surface area contributed by atoms with Gasteiger partial charge in [0, 0.05) is 24.3 Å². The van der Waals surface area contributed by atoms with E-state index in [1.165, 1.54) is 11.0 Å². The molecule has 3 fully saturated rings. The lowest BCUT2D eigenvalue weighted by atomic mass is 9.90. The molecule has 15 heteroatoms. The molecular weight excluding hydrogens is 691 g/mol. The van der Waals surface area contributed by atoms with E-state index in [2.05, 4.69) is 21.9 Å². The first-order valence-electron chi connectivity index (χ1n) is 18.1. The van der Waals surface area contributed by atoms with Gasteiger partial charge in [0.25, 0.3) is 5.91 Å². The van der Waals surface area contributed by atoms with Crippen LogP contribution in [0.15, 0.2) is 36.9 Å². The molecule has 6 rings (SSSR count). The molecule has 3 aliphatic heterocycles. The Morgan fingerprint density at radius 1 is 1.15 bits per heavy atom. The first-order chi connectivity index (χ1) is 24.7. The van der Waals surface area contributed by atoms with Gasteiger partial charge in [-0.25, -0.2) is 18.0 Å². The third kappa shape index (κ3) is 7.98. The number of cyclic esters (lactones) is 1. The minimum atomic E-state index is -3.90. The van der Waals surface area contributed by atoms with E-state index in [-0.39, 0.29) is 32.4 Å². The molecule has 5 amide bonds. The fourth-order valence-corrected chi connectivity index (χ4v) is 8.58. The summed E-state index contributed by atoms with van der Waals surface area (Å²) in [6, 6.07) is 3.64. The smallest absolute Gasteiger partial charge is 0.410 e. The van der Waals surface area contributed by atoms with Gasteiger partial charge in [0.05, 0.1) is 24.9 Å². The second-order valence-electron chi connectivity index (χ2n) is 15.5. The summed E-state index contributed by atoms with van der Waals surface area (Å²) in [7, 11) is -3.90. The fraction of sp³-hybridized carbons (Fsp3) is 0.595. The first kappa shape index (κ1) is 37.4.